The zero-order chi connectivity index (χ0) is 15.7. The molecule has 0 aliphatic rings. The summed E-state index contributed by atoms with van der Waals surface area (Å²) in [6, 6.07) is 4.50. The van der Waals surface area contributed by atoms with E-state index in [1.807, 2.05) is 0 Å². The fraction of sp³-hybridized carbons (Fsp3) is 0. The Balaban J connectivity index is 2.40. The highest BCUT2D eigenvalue weighted by Crippen LogP contribution is 2.28. The average molecular weight is 317 g/mol. The van der Waals surface area contributed by atoms with Gasteiger partial charge in [-0.05, 0) is 24.3 Å². The fourth-order valence-electron chi connectivity index (χ4n) is 1.58. The fourth-order valence-corrected chi connectivity index (χ4v) is 1.75. The van der Waals surface area contributed by atoms with Gasteiger partial charge in [-0.25, -0.2) is 8.78 Å². The van der Waals surface area contributed by atoms with Crippen LogP contribution in [-0.2, 0) is 0 Å². The molecule has 2 aromatic carbocycles. The molecule has 0 aliphatic carbocycles. The lowest BCUT2D eigenvalue weighted by atomic mass is 10.1. The molecule has 110 valence electrons. The maximum Gasteiger partial charge on any atom is 0.258 e. The van der Waals surface area contributed by atoms with Gasteiger partial charge in [0, 0.05) is 5.02 Å². The molecule has 0 unspecified atom stereocenters. The van der Waals surface area contributed by atoms with Gasteiger partial charge < -0.3 is 16.2 Å². The molecule has 0 atom stereocenters. The van der Waals surface area contributed by atoms with Gasteiger partial charge in [-0.3, -0.25) is 4.79 Å². The molecular formula is C13H8ClF3N2O2. The first-order valence-electron chi connectivity index (χ1n) is 5.54. The lowest BCUT2D eigenvalue weighted by molar-refractivity contribution is 0.102. The molecule has 1 amide bonds. The Morgan fingerprint density at radius 3 is 2.52 bits per heavy atom. The van der Waals surface area contributed by atoms with E-state index in [0.29, 0.717) is 6.07 Å². The molecule has 0 bridgehead atoms. The Labute approximate surface area is 121 Å². The Morgan fingerprint density at radius 2 is 1.86 bits per heavy atom. The number of carbonyl (C=O) groups is 1. The van der Waals surface area contributed by atoms with Crippen molar-refractivity contribution in [2.45, 2.75) is 0 Å². The SMILES string of the molecule is Nc1ccc(Cl)cc1NC(=O)c1cc(F)c(F)c(O)c1F. The maximum absolute atomic E-state index is 13.6. The van der Waals surface area contributed by atoms with Crippen LogP contribution in [0.4, 0.5) is 24.5 Å². The molecule has 0 fully saturated rings. The van der Waals surface area contributed by atoms with Crippen LogP contribution in [0.15, 0.2) is 24.3 Å². The molecule has 2 aromatic rings. The summed E-state index contributed by atoms with van der Waals surface area (Å²) >= 11 is 5.72. The third kappa shape index (κ3) is 2.87. The number of nitrogens with two attached hydrogens (primary N) is 1. The van der Waals surface area contributed by atoms with Crippen molar-refractivity contribution in [2.24, 2.45) is 0 Å². The van der Waals surface area contributed by atoms with E-state index in [-0.39, 0.29) is 16.4 Å². The first kappa shape index (κ1) is 15.0. The number of aromatic hydroxyl groups is 1. The monoisotopic (exact) mass is 316 g/mol. The molecule has 0 aliphatic heterocycles. The number of carbonyl (C=O) groups excluding carboxylic acids is 1. The third-order valence-corrected chi connectivity index (χ3v) is 2.88. The summed E-state index contributed by atoms with van der Waals surface area (Å²) in [5, 5.41) is 11.5. The third-order valence-electron chi connectivity index (χ3n) is 2.64. The number of rotatable bonds is 2. The molecule has 21 heavy (non-hydrogen) atoms. The van der Waals surface area contributed by atoms with Gasteiger partial charge in [0.2, 0.25) is 5.82 Å². The number of benzene rings is 2. The number of amides is 1. The topological polar surface area (TPSA) is 75.3 Å². The van der Waals surface area contributed by atoms with Crippen LogP contribution >= 0.6 is 11.6 Å². The van der Waals surface area contributed by atoms with Crippen molar-refractivity contribution in [3.63, 3.8) is 0 Å². The Bertz CT molecular complexity index is 738. The molecule has 0 saturated carbocycles. The number of hydrogen-bond acceptors (Lipinski definition) is 3. The summed E-state index contributed by atoms with van der Waals surface area (Å²) in [6.45, 7) is 0. The summed E-state index contributed by atoms with van der Waals surface area (Å²) in [5.74, 6) is -7.59. The molecule has 4 N–H and O–H groups in total. The number of halogens is 4. The zero-order valence-electron chi connectivity index (χ0n) is 10.3. The van der Waals surface area contributed by atoms with Crippen LogP contribution in [0.2, 0.25) is 5.02 Å². The Morgan fingerprint density at radius 1 is 1.19 bits per heavy atom. The van der Waals surface area contributed by atoms with Gasteiger partial charge in [0.25, 0.3) is 5.91 Å². The Kier molecular flexibility index (Phi) is 3.95. The van der Waals surface area contributed by atoms with Crippen LogP contribution < -0.4 is 11.1 Å². The quantitative estimate of drug-likeness (QED) is 0.588. The second-order valence-corrected chi connectivity index (χ2v) is 4.50. The lowest BCUT2D eigenvalue weighted by Gasteiger charge is -2.10. The first-order valence-corrected chi connectivity index (χ1v) is 5.92. The van der Waals surface area contributed by atoms with Crippen molar-refractivity contribution in [2.75, 3.05) is 11.1 Å². The van der Waals surface area contributed by atoms with Gasteiger partial charge in [0.1, 0.15) is 0 Å². The molecule has 0 radical (unpaired) electrons. The van der Waals surface area contributed by atoms with E-state index in [4.69, 9.17) is 22.4 Å². The predicted octanol–water partition coefficient (Wildman–Crippen LogP) is 3.30. The number of nitrogen functional groups attached to an aromatic ring is 1. The van der Waals surface area contributed by atoms with E-state index in [1.165, 1.54) is 18.2 Å². The molecule has 0 heterocycles. The molecule has 2 rings (SSSR count). The molecular weight excluding hydrogens is 309 g/mol. The van der Waals surface area contributed by atoms with Gasteiger partial charge >= 0.3 is 0 Å². The number of anilines is 2. The highest BCUT2D eigenvalue weighted by molar-refractivity contribution is 6.31. The van der Waals surface area contributed by atoms with Crippen LogP contribution in [0.25, 0.3) is 0 Å². The minimum absolute atomic E-state index is 0.0659. The summed E-state index contributed by atoms with van der Waals surface area (Å²) in [5.41, 5.74) is 4.92. The predicted molar refractivity (Wildman–Crippen MR) is 71.8 cm³/mol. The first-order chi connectivity index (χ1) is 9.81. The van der Waals surface area contributed by atoms with Crippen molar-refractivity contribution in [1.82, 2.24) is 0 Å². The van der Waals surface area contributed by atoms with Gasteiger partial charge in [-0.15, -0.1) is 0 Å². The lowest BCUT2D eigenvalue weighted by Crippen LogP contribution is -2.16. The summed E-state index contributed by atoms with van der Waals surface area (Å²) in [7, 11) is 0. The summed E-state index contributed by atoms with van der Waals surface area (Å²) in [4.78, 5) is 11.9. The van der Waals surface area contributed by atoms with Crippen LogP contribution in [0.3, 0.4) is 0 Å². The standard InChI is InChI=1S/C13H8ClF3N2O2/c14-5-1-2-8(18)9(3-5)19-13(21)6-4-7(15)11(17)12(20)10(6)16/h1-4,20H,18H2,(H,19,21). The second kappa shape index (κ2) is 5.53. The highest BCUT2D eigenvalue weighted by atomic mass is 35.5. The zero-order valence-corrected chi connectivity index (χ0v) is 11.0. The Hall–Kier alpha value is -2.41. The van der Waals surface area contributed by atoms with E-state index in [1.54, 1.807) is 0 Å². The van der Waals surface area contributed by atoms with E-state index in [2.05, 4.69) is 5.32 Å². The minimum Gasteiger partial charge on any atom is -0.503 e. The van der Waals surface area contributed by atoms with Crippen LogP contribution in [-0.4, -0.2) is 11.0 Å². The van der Waals surface area contributed by atoms with Crippen molar-refractivity contribution >= 4 is 28.9 Å². The number of nitrogens with one attached hydrogen (secondary N) is 1. The van der Waals surface area contributed by atoms with Crippen LogP contribution in [0, 0.1) is 17.5 Å². The largest absolute Gasteiger partial charge is 0.503 e. The minimum atomic E-state index is -1.77. The van der Waals surface area contributed by atoms with E-state index >= 15 is 0 Å². The van der Waals surface area contributed by atoms with Crippen LogP contribution in [0.5, 0.6) is 5.75 Å². The van der Waals surface area contributed by atoms with E-state index in [0.717, 1.165) is 0 Å². The molecule has 0 spiro atoms. The van der Waals surface area contributed by atoms with Crippen molar-refractivity contribution < 1.29 is 23.1 Å². The van der Waals surface area contributed by atoms with E-state index in [9.17, 15) is 18.0 Å². The van der Waals surface area contributed by atoms with Gasteiger partial charge in [-0.1, -0.05) is 11.6 Å². The summed E-state index contributed by atoms with van der Waals surface area (Å²) < 4.78 is 39.7. The number of phenols is 1. The number of hydrogen-bond donors (Lipinski definition) is 3. The highest BCUT2D eigenvalue weighted by Gasteiger charge is 2.22. The second-order valence-electron chi connectivity index (χ2n) is 4.07. The van der Waals surface area contributed by atoms with Crippen molar-refractivity contribution in [1.29, 1.82) is 0 Å². The molecule has 0 saturated heterocycles. The van der Waals surface area contributed by atoms with Crippen LogP contribution in [0.1, 0.15) is 10.4 Å². The number of phenolic OH excluding ortho intramolecular Hbond substituents is 1. The molecule has 8 heteroatoms. The van der Waals surface area contributed by atoms with E-state index < -0.39 is 34.7 Å². The normalized spacial score (nSPS) is 10.5. The molecule has 4 nitrogen and oxygen atoms in total. The van der Waals surface area contributed by atoms with Gasteiger partial charge in [0.15, 0.2) is 17.4 Å². The maximum atomic E-state index is 13.6. The van der Waals surface area contributed by atoms with Crippen molar-refractivity contribution in [3.05, 3.63) is 52.3 Å². The van der Waals surface area contributed by atoms with Gasteiger partial charge in [-0.2, -0.15) is 4.39 Å². The summed E-state index contributed by atoms with van der Waals surface area (Å²) in [6.07, 6.45) is 0. The smallest absolute Gasteiger partial charge is 0.258 e. The average Bonchev–Trinajstić information content (AvgIpc) is 2.44. The van der Waals surface area contributed by atoms with Gasteiger partial charge in [0.05, 0.1) is 16.9 Å². The molecule has 0 aromatic heterocycles. The van der Waals surface area contributed by atoms with Crippen molar-refractivity contribution in [3.8, 4) is 5.75 Å².